The molecular weight excluding hydrogens is 280 g/mol. The van der Waals surface area contributed by atoms with E-state index in [1.54, 1.807) is 12.1 Å². The second-order valence-corrected chi connectivity index (χ2v) is 6.21. The van der Waals surface area contributed by atoms with Gasteiger partial charge in [0, 0.05) is 19.2 Å². The first-order valence-electron chi connectivity index (χ1n) is 5.97. The summed E-state index contributed by atoms with van der Waals surface area (Å²) in [6.45, 7) is 0.905. The van der Waals surface area contributed by atoms with Gasteiger partial charge in [-0.05, 0) is 37.9 Å². The van der Waals surface area contributed by atoms with Crippen molar-refractivity contribution in [3.63, 3.8) is 0 Å². The lowest BCUT2D eigenvalue weighted by molar-refractivity contribution is -0.131. The summed E-state index contributed by atoms with van der Waals surface area (Å²) in [4.78, 5) is 12.4. The third kappa shape index (κ3) is 5.52. The van der Waals surface area contributed by atoms with Crippen LogP contribution in [-0.2, 0) is 14.8 Å². The van der Waals surface area contributed by atoms with E-state index in [2.05, 4.69) is 4.72 Å². The Kier molecular flexibility index (Phi) is 5.87. The fourth-order valence-electron chi connectivity index (χ4n) is 1.44. The van der Waals surface area contributed by atoms with E-state index in [1.165, 1.54) is 18.2 Å². The largest absolute Gasteiger partial charge is 0.478 e. The van der Waals surface area contributed by atoms with Gasteiger partial charge in [-0.1, -0.05) is 12.1 Å². The molecule has 0 aliphatic rings. The Morgan fingerprint density at radius 1 is 1.40 bits per heavy atom. The summed E-state index contributed by atoms with van der Waals surface area (Å²) in [5.41, 5.74) is 0.517. The number of aliphatic carboxylic acids is 1. The minimum atomic E-state index is -3.57. The van der Waals surface area contributed by atoms with Gasteiger partial charge in [-0.2, -0.15) is 0 Å². The predicted octanol–water partition coefficient (Wildman–Crippen LogP) is 0.624. The van der Waals surface area contributed by atoms with Crippen LogP contribution in [0.25, 0.3) is 6.08 Å². The Morgan fingerprint density at radius 3 is 2.70 bits per heavy atom. The molecule has 0 aromatic heterocycles. The highest BCUT2D eigenvalue weighted by molar-refractivity contribution is 7.89. The monoisotopic (exact) mass is 298 g/mol. The van der Waals surface area contributed by atoms with Crippen LogP contribution in [0.4, 0.5) is 0 Å². The van der Waals surface area contributed by atoms with Crippen LogP contribution in [0.1, 0.15) is 5.56 Å². The molecule has 0 saturated heterocycles. The highest BCUT2D eigenvalue weighted by Gasteiger charge is 2.13. The van der Waals surface area contributed by atoms with Crippen molar-refractivity contribution in [3.05, 3.63) is 35.9 Å². The zero-order valence-electron chi connectivity index (χ0n) is 11.4. The first-order valence-corrected chi connectivity index (χ1v) is 7.45. The fourth-order valence-corrected chi connectivity index (χ4v) is 2.52. The van der Waals surface area contributed by atoms with Crippen molar-refractivity contribution in [1.82, 2.24) is 9.62 Å². The molecule has 0 saturated carbocycles. The van der Waals surface area contributed by atoms with Crippen LogP contribution in [-0.4, -0.2) is 51.6 Å². The molecule has 0 aliphatic carbocycles. The standard InChI is InChI=1S/C13H18N2O4S/c1-15(2)9-8-14-20(18,19)12-5-3-4-11(10-12)6-7-13(16)17/h3-7,10,14H,8-9H2,1-2H3,(H,16,17). The van der Waals surface area contributed by atoms with E-state index in [0.717, 1.165) is 6.08 Å². The molecule has 2 N–H and O–H groups in total. The smallest absolute Gasteiger partial charge is 0.328 e. The van der Waals surface area contributed by atoms with Crippen LogP contribution in [0.15, 0.2) is 35.2 Å². The number of nitrogens with zero attached hydrogens (tertiary/aromatic N) is 1. The van der Waals surface area contributed by atoms with Gasteiger partial charge in [0.25, 0.3) is 0 Å². The number of likely N-dealkylation sites (N-methyl/N-ethyl adjacent to an activating group) is 1. The van der Waals surface area contributed by atoms with Crippen molar-refractivity contribution in [2.24, 2.45) is 0 Å². The van der Waals surface area contributed by atoms with Gasteiger partial charge in [0.1, 0.15) is 0 Å². The SMILES string of the molecule is CN(C)CCNS(=O)(=O)c1cccc(C=CC(=O)O)c1. The van der Waals surface area contributed by atoms with E-state index < -0.39 is 16.0 Å². The Balaban J connectivity index is 2.85. The van der Waals surface area contributed by atoms with Gasteiger partial charge < -0.3 is 10.0 Å². The van der Waals surface area contributed by atoms with Crippen molar-refractivity contribution < 1.29 is 18.3 Å². The number of carboxylic acid groups (broad SMARTS) is 1. The molecule has 0 amide bonds. The normalized spacial score (nSPS) is 12.2. The molecule has 0 atom stereocenters. The second kappa shape index (κ2) is 7.18. The third-order valence-corrected chi connectivity index (χ3v) is 3.90. The average molecular weight is 298 g/mol. The summed E-state index contributed by atoms with van der Waals surface area (Å²) >= 11 is 0. The van der Waals surface area contributed by atoms with Crippen LogP contribution in [0.2, 0.25) is 0 Å². The molecule has 1 rings (SSSR count). The molecule has 1 aromatic carbocycles. The van der Waals surface area contributed by atoms with Gasteiger partial charge in [-0.15, -0.1) is 0 Å². The van der Waals surface area contributed by atoms with Crippen LogP contribution >= 0.6 is 0 Å². The fraction of sp³-hybridized carbons (Fsp3) is 0.308. The van der Waals surface area contributed by atoms with Crippen molar-refractivity contribution in [3.8, 4) is 0 Å². The maximum atomic E-state index is 12.0. The van der Waals surface area contributed by atoms with Gasteiger partial charge in [-0.3, -0.25) is 0 Å². The van der Waals surface area contributed by atoms with Crippen LogP contribution in [0.5, 0.6) is 0 Å². The number of benzene rings is 1. The number of carboxylic acids is 1. The van der Waals surface area contributed by atoms with E-state index in [9.17, 15) is 13.2 Å². The second-order valence-electron chi connectivity index (χ2n) is 4.45. The maximum Gasteiger partial charge on any atom is 0.328 e. The van der Waals surface area contributed by atoms with E-state index in [-0.39, 0.29) is 4.90 Å². The quantitative estimate of drug-likeness (QED) is 0.721. The number of carbonyl (C=O) groups is 1. The Hall–Kier alpha value is -1.70. The van der Waals surface area contributed by atoms with Gasteiger partial charge in [0.15, 0.2) is 0 Å². The van der Waals surface area contributed by atoms with E-state index in [0.29, 0.717) is 18.7 Å². The Labute approximate surface area is 118 Å². The minimum absolute atomic E-state index is 0.115. The van der Waals surface area contributed by atoms with Crippen LogP contribution < -0.4 is 4.72 Å². The van der Waals surface area contributed by atoms with E-state index >= 15 is 0 Å². The minimum Gasteiger partial charge on any atom is -0.478 e. The molecule has 0 radical (unpaired) electrons. The zero-order chi connectivity index (χ0) is 15.2. The van der Waals surface area contributed by atoms with Crippen molar-refractivity contribution in [2.45, 2.75) is 4.90 Å². The molecule has 110 valence electrons. The third-order valence-electron chi connectivity index (χ3n) is 2.44. The van der Waals surface area contributed by atoms with Gasteiger partial charge in [0.2, 0.25) is 10.0 Å². The van der Waals surface area contributed by atoms with Gasteiger partial charge in [0.05, 0.1) is 4.90 Å². The van der Waals surface area contributed by atoms with Crippen molar-refractivity contribution in [1.29, 1.82) is 0 Å². The number of sulfonamides is 1. The summed E-state index contributed by atoms with van der Waals surface area (Å²) in [7, 11) is 0.131. The molecule has 0 fully saturated rings. The first kappa shape index (κ1) is 16.4. The van der Waals surface area contributed by atoms with E-state index in [4.69, 9.17) is 5.11 Å². The zero-order valence-corrected chi connectivity index (χ0v) is 12.2. The summed E-state index contributed by atoms with van der Waals surface area (Å²) in [6.07, 6.45) is 2.31. The highest BCUT2D eigenvalue weighted by atomic mass is 32.2. The molecular formula is C13H18N2O4S. The van der Waals surface area contributed by atoms with Crippen molar-refractivity contribution in [2.75, 3.05) is 27.2 Å². The highest BCUT2D eigenvalue weighted by Crippen LogP contribution is 2.12. The summed E-state index contributed by atoms with van der Waals surface area (Å²) < 4.78 is 26.6. The number of nitrogens with one attached hydrogen (secondary N) is 1. The Morgan fingerprint density at radius 2 is 2.10 bits per heavy atom. The predicted molar refractivity (Wildman–Crippen MR) is 76.9 cm³/mol. The summed E-state index contributed by atoms with van der Waals surface area (Å²) in [6, 6.07) is 6.11. The lowest BCUT2D eigenvalue weighted by Crippen LogP contribution is -2.31. The molecule has 0 spiro atoms. The number of hydrogen-bond acceptors (Lipinski definition) is 4. The summed E-state index contributed by atoms with van der Waals surface area (Å²) in [5.74, 6) is -1.08. The molecule has 1 aromatic rings. The van der Waals surface area contributed by atoms with Crippen LogP contribution in [0.3, 0.4) is 0 Å². The molecule has 0 aliphatic heterocycles. The van der Waals surface area contributed by atoms with E-state index in [1.807, 2.05) is 19.0 Å². The topological polar surface area (TPSA) is 86.7 Å². The number of rotatable bonds is 7. The lowest BCUT2D eigenvalue weighted by Gasteiger charge is -2.11. The molecule has 0 bridgehead atoms. The first-order chi connectivity index (χ1) is 9.31. The van der Waals surface area contributed by atoms with Crippen molar-refractivity contribution >= 4 is 22.1 Å². The van der Waals surface area contributed by atoms with Gasteiger partial charge in [-0.25, -0.2) is 17.9 Å². The van der Waals surface area contributed by atoms with Crippen LogP contribution in [0, 0.1) is 0 Å². The summed E-state index contributed by atoms with van der Waals surface area (Å²) in [5, 5.41) is 8.55. The average Bonchev–Trinajstić information content (AvgIpc) is 2.36. The molecule has 6 nitrogen and oxygen atoms in total. The van der Waals surface area contributed by atoms with Gasteiger partial charge >= 0.3 is 5.97 Å². The molecule has 20 heavy (non-hydrogen) atoms. The molecule has 0 unspecified atom stereocenters. The lowest BCUT2D eigenvalue weighted by atomic mass is 10.2. The number of hydrogen-bond donors (Lipinski definition) is 2. The molecule has 7 heteroatoms. The maximum absolute atomic E-state index is 12.0. The molecule has 0 heterocycles. The Bertz CT molecular complexity index is 594.